The van der Waals surface area contributed by atoms with Crippen LogP contribution < -0.4 is 5.32 Å². The predicted molar refractivity (Wildman–Crippen MR) is 91.8 cm³/mol. The Bertz CT molecular complexity index is 377. The van der Waals surface area contributed by atoms with Crippen LogP contribution in [0.5, 0.6) is 0 Å². The minimum absolute atomic E-state index is 0.452. The Balaban J connectivity index is 1.71. The molecule has 2 heteroatoms. The van der Waals surface area contributed by atoms with E-state index in [0.717, 1.165) is 6.54 Å². The summed E-state index contributed by atoms with van der Waals surface area (Å²) in [5, 5.41) is 3.68. The summed E-state index contributed by atoms with van der Waals surface area (Å²) in [7, 11) is 0. The van der Waals surface area contributed by atoms with E-state index in [2.05, 4.69) is 48.3 Å². The molecule has 0 aromatic heterocycles. The third kappa shape index (κ3) is 5.80. The van der Waals surface area contributed by atoms with E-state index < -0.39 is 0 Å². The van der Waals surface area contributed by atoms with Crippen LogP contribution in [0.25, 0.3) is 0 Å². The van der Waals surface area contributed by atoms with Crippen LogP contribution in [0.2, 0.25) is 0 Å². The minimum atomic E-state index is 0.452. The molecule has 1 saturated heterocycles. The molecule has 21 heavy (non-hydrogen) atoms. The number of rotatable bonds is 7. The molecule has 1 N–H and O–H groups in total. The van der Waals surface area contributed by atoms with E-state index in [9.17, 15) is 0 Å². The maximum Gasteiger partial charge on any atom is 0.0292 e. The van der Waals surface area contributed by atoms with Crippen molar-refractivity contribution in [2.24, 2.45) is 0 Å². The molecule has 1 heterocycles. The Morgan fingerprint density at radius 3 is 2.33 bits per heavy atom. The quantitative estimate of drug-likeness (QED) is 0.810. The lowest BCUT2D eigenvalue weighted by atomic mass is 10.0. The van der Waals surface area contributed by atoms with E-state index in [1.807, 2.05) is 0 Å². The smallest absolute Gasteiger partial charge is 0.0292 e. The Morgan fingerprint density at radius 1 is 1.05 bits per heavy atom. The van der Waals surface area contributed by atoms with E-state index in [0.29, 0.717) is 6.04 Å². The van der Waals surface area contributed by atoms with Crippen LogP contribution in [0.4, 0.5) is 0 Å². The first kappa shape index (κ1) is 16.5. The fourth-order valence-electron chi connectivity index (χ4n) is 3.18. The first-order valence-electron chi connectivity index (χ1n) is 8.84. The van der Waals surface area contributed by atoms with Crippen molar-refractivity contribution in [3.8, 4) is 0 Å². The molecule has 1 atom stereocenters. The van der Waals surface area contributed by atoms with Gasteiger partial charge < -0.3 is 10.2 Å². The zero-order valence-electron chi connectivity index (χ0n) is 13.9. The highest BCUT2D eigenvalue weighted by atomic mass is 15.1. The molecule has 1 aromatic carbocycles. The maximum atomic E-state index is 3.68. The highest BCUT2D eigenvalue weighted by molar-refractivity contribution is 5.24. The lowest BCUT2D eigenvalue weighted by molar-refractivity contribution is 0.280. The summed E-state index contributed by atoms with van der Waals surface area (Å²) in [5.74, 6) is 0. The van der Waals surface area contributed by atoms with Crippen molar-refractivity contribution < 1.29 is 0 Å². The van der Waals surface area contributed by atoms with Gasteiger partial charge in [-0.15, -0.1) is 0 Å². The van der Waals surface area contributed by atoms with Gasteiger partial charge in [-0.3, -0.25) is 0 Å². The summed E-state index contributed by atoms with van der Waals surface area (Å²) in [5.41, 5.74) is 2.86. The minimum Gasteiger partial charge on any atom is -0.309 e. The highest BCUT2D eigenvalue weighted by Gasteiger charge is 2.09. The molecular formula is C19H32N2. The molecule has 0 bridgehead atoms. The van der Waals surface area contributed by atoms with E-state index in [1.54, 1.807) is 0 Å². The summed E-state index contributed by atoms with van der Waals surface area (Å²) >= 11 is 0. The van der Waals surface area contributed by atoms with E-state index in [-0.39, 0.29) is 0 Å². The zero-order chi connectivity index (χ0) is 14.9. The van der Waals surface area contributed by atoms with Gasteiger partial charge >= 0.3 is 0 Å². The van der Waals surface area contributed by atoms with Crippen LogP contribution in [0.1, 0.15) is 63.1 Å². The molecule has 1 aliphatic rings. The van der Waals surface area contributed by atoms with Crippen LogP contribution in [0.3, 0.4) is 0 Å². The normalized spacial score (nSPS) is 18.4. The molecular weight excluding hydrogens is 256 g/mol. The van der Waals surface area contributed by atoms with Gasteiger partial charge in [0.05, 0.1) is 0 Å². The average Bonchev–Trinajstić information content (AvgIpc) is 2.77. The number of nitrogens with one attached hydrogen (secondary N) is 1. The molecule has 0 aliphatic carbocycles. The Kier molecular flexibility index (Phi) is 7.25. The monoisotopic (exact) mass is 288 g/mol. The number of likely N-dealkylation sites (tertiary alicyclic amines) is 1. The number of hydrogen-bond donors (Lipinski definition) is 1. The average molecular weight is 288 g/mol. The Hall–Kier alpha value is -0.860. The summed E-state index contributed by atoms with van der Waals surface area (Å²) in [4.78, 5) is 2.62. The maximum absolute atomic E-state index is 3.68. The lowest BCUT2D eigenvalue weighted by Gasteiger charge is -2.22. The second-order valence-corrected chi connectivity index (χ2v) is 6.42. The molecule has 0 spiro atoms. The molecule has 1 aromatic rings. The molecule has 0 amide bonds. The van der Waals surface area contributed by atoms with Crippen LogP contribution in [-0.4, -0.2) is 31.1 Å². The largest absolute Gasteiger partial charge is 0.309 e. The molecule has 118 valence electrons. The molecule has 0 saturated carbocycles. The SMILES string of the molecule is CCCc1ccc(C(C)NCCN2CCCCCC2)cc1. The van der Waals surface area contributed by atoms with Crippen molar-refractivity contribution in [3.05, 3.63) is 35.4 Å². The predicted octanol–water partition coefficient (Wildman–Crippen LogP) is 4.17. The third-order valence-corrected chi connectivity index (χ3v) is 4.60. The number of benzene rings is 1. The van der Waals surface area contributed by atoms with Crippen molar-refractivity contribution in [2.45, 2.75) is 58.4 Å². The van der Waals surface area contributed by atoms with E-state index >= 15 is 0 Å². The topological polar surface area (TPSA) is 15.3 Å². The first-order chi connectivity index (χ1) is 10.3. The second kappa shape index (κ2) is 9.22. The van der Waals surface area contributed by atoms with Crippen LogP contribution in [0, 0.1) is 0 Å². The van der Waals surface area contributed by atoms with Gasteiger partial charge in [0.1, 0.15) is 0 Å². The number of nitrogens with zero attached hydrogens (tertiary/aromatic N) is 1. The van der Waals surface area contributed by atoms with Gasteiger partial charge in [0.15, 0.2) is 0 Å². The standard InChI is InChI=1S/C19H32N2/c1-3-8-18-9-11-19(12-10-18)17(2)20-13-16-21-14-6-4-5-7-15-21/h9-12,17,20H,3-8,13-16H2,1-2H3. The summed E-state index contributed by atoms with van der Waals surface area (Å²) in [6.07, 6.45) is 8.03. The number of aryl methyl sites for hydroxylation is 1. The van der Waals surface area contributed by atoms with Gasteiger partial charge in [-0.1, -0.05) is 50.5 Å². The van der Waals surface area contributed by atoms with Crippen LogP contribution in [0.15, 0.2) is 24.3 Å². The van der Waals surface area contributed by atoms with Gasteiger partial charge in [0.25, 0.3) is 0 Å². The summed E-state index contributed by atoms with van der Waals surface area (Å²) < 4.78 is 0. The van der Waals surface area contributed by atoms with Crippen molar-refractivity contribution in [1.82, 2.24) is 10.2 Å². The van der Waals surface area contributed by atoms with Crippen molar-refractivity contribution in [2.75, 3.05) is 26.2 Å². The Morgan fingerprint density at radius 2 is 1.71 bits per heavy atom. The number of hydrogen-bond acceptors (Lipinski definition) is 2. The van der Waals surface area contributed by atoms with Crippen molar-refractivity contribution in [3.63, 3.8) is 0 Å². The van der Waals surface area contributed by atoms with Gasteiger partial charge in [-0.05, 0) is 50.4 Å². The molecule has 2 nitrogen and oxygen atoms in total. The van der Waals surface area contributed by atoms with Gasteiger partial charge in [-0.2, -0.15) is 0 Å². The van der Waals surface area contributed by atoms with Gasteiger partial charge in [0.2, 0.25) is 0 Å². The Labute approximate surface area is 130 Å². The van der Waals surface area contributed by atoms with Gasteiger partial charge in [-0.25, -0.2) is 0 Å². The van der Waals surface area contributed by atoms with Crippen molar-refractivity contribution in [1.29, 1.82) is 0 Å². The van der Waals surface area contributed by atoms with Crippen molar-refractivity contribution >= 4 is 0 Å². The summed E-state index contributed by atoms with van der Waals surface area (Å²) in [6.45, 7) is 9.39. The second-order valence-electron chi connectivity index (χ2n) is 6.42. The molecule has 2 rings (SSSR count). The molecule has 1 unspecified atom stereocenters. The van der Waals surface area contributed by atoms with Crippen LogP contribution >= 0.6 is 0 Å². The molecule has 1 aliphatic heterocycles. The van der Waals surface area contributed by atoms with Gasteiger partial charge in [0, 0.05) is 19.1 Å². The molecule has 0 radical (unpaired) electrons. The third-order valence-electron chi connectivity index (χ3n) is 4.60. The van der Waals surface area contributed by atoms with E-state index in [4.69, 9.17) is 0 Å². The fraction of sp³-hybridized carbons (Fsp3) is 0.684. The van der Waals surface area contributed by atoms with Crippen LogP contribution in [-0.2, 0) is 6.42 Å². The lowest BCUT2D eigenvalue weighted by Crippen LogP contribution is -2.33. The summed E-state index contributed by atoms with van der Waals surface area (Å²) in [6, 6.07) is 9.59. The van der Waals surface area contributed by atoms with E-state index in [1.165, 1.54) is 69.3 Å². The first-order valence-corrected chi connectivity index (χ1v) is 8.84. The molecule has 1 fully saturated rings. The fourth-order valence-corrected chi connectivity index (χ4v) is 3.18. The highest BCUT2D eigenvalue weighted by Crippen LogP contribution is 2.14. The zero-order valence-corrected chi connectivity index (χ0v) is 13.9.